The van der Waals surface area contributed by atoms with Gasteiger partial charge in [0.25, 0.3) is 0 Å². The van der Waals surface area contributed by atoms with Gasteiger partial charge in [-0.15, -0.1) is 10.2 Å². The minimum Gasteiger partial charge on any atom is -0.485 e. The Bertz CT molecular complexity index is 1100. The van der Waals surface area contributed by atoms with E-state index < -0.39 is 0 Å². The topological polar surface area (TPSA) is 91.7 Å². The van der Waals surface area contributed by atoms with Crippen LogP contribution in [0.5, 0.6) is 5.75 Å². The first kappa shape index (κ1) is 18.9. The van der Waals surface area contributed by atoms with Crippen molar-refractivity contribution >= 4 is 17.6 Å². The second-order valence-electron chi connectivity index (χ2n) is 6.31. The summed E-state index contributed by atoms with van der Waals surface area (Å²) in [6.45, 7) is 2.33. The van der Waals surface area contributed by atoms with Crippen molar-refractivity contribution in [1.82, 2.24) is 24.7 Å². The summed E-state index contributed by atoms with van der Waals surface area (Å²) in [5.41, 5.74) is 7.79. The molecule has 29 heavy (non-hydrogen) atoms. The Kier molecular flexibility index (Phi) is 5.71. The largest absolute Gasteiger partial charge is 0.485 e. The van der Waals surface area contributed by atoms with E-state index in [-0.39, 0.29) is 0 Å². The van der Waals surface area contributed by atoms with Gasteiger partial charge in [-0.25, -0.2) is 9.97 Å². The van der Waals surface area contributed by atoms with Crippen LogP contribution in [0.4, 0.5) is 5.82 Å². The zero-order valence-corrected chi connectivity index (χ0v) is 16.7. The lowest BCUT2D eigenvalue weighted by Crippen LogP contribution is -2.07. The molecule has 0 spiro atoms. The van der Waals surface area contributed by atoms with Crippen LogP contribution in [0.15, 0.2) is 72.0 Å². The Morgan fingerprint density at radius 3 is 2.59 bits per heavy atom. The fourth-order valence-electron chi connectivity index (χ4n) is 2.80. The van der Waals surface area contributed by atoms with Gasteiger partial charge in [0.05, 0.1) is 5.75 Å². The van der Waals surface area contributed by atoms with Crippen LogP contribution < -0.4 is 10.5 Å². The Morgan fingerprint density at radius 2 is 1.79 bits per heavy atom. The second-order valence-corrected chi connectivity index (χ2v) is 7.25. The molecule has 0 amide bonds. The summed E-state index contributed by atoms with van der Waals surface area (Å²) >= 11 is 1.50. The zero-order valence-electron chi connectivity index (χ0n) is 15.9. The van der Waals surface area contributed by atoms with Gasteiger partial charge in [0, 0.05) is 11.9 Å². The van der Waals surface area contributed by atoms with Crippen molar-refractivity contribution in [2.45, 2.75) is 24.4 Å². The Hall–Kier alpha value is -3.39. The third-order valence-electron chi connectivity index (χ3n) is 4.22. The van der Waals surface area contributed by atoms with Crippen LogP contribution >= 0.6 is 11.8 Å². The van der Waals surface area contributed by atoms with Gasteiger partial charge in [-0.1, -0.05) is 48.2 Å². The molecule has 2 aromatic heterocycles. The van der Waals surface area contributed by atoms with Crippen LogP contribution in [0.3, 0.4) is 0 Å². The summed E-state index contributed by atoms with van der Waals surface area (Å²) in [6, 6.07) is 19.6. The molecule has 2 heterocycles. The quantitative estimate of drug-likeness (QED) is 0.468. The maximum absolute atomic E-state index is 6.00. The lowest BCUT2D eigenvalue weighted by molar-refractivity contribution is 0.291. The monoisotopic (exact) mass is 404 g/mol. The minimum atomic E-state index is 0.308. The third-order valence-corrected chi connectivity index (χ3v) is 5.15. The number of hydrogen-bond donors (Lipinski definition) is 1. The molecule has 0 fully saturated rings. The number of rotatable bonds is 7. The molecule has 146 valence electrons. The predicted octanol–water partition coefficient (Wildman–Crippen LogP) is 3.82. The van der Waals surface area contributed by atoms with E-state index in [1.165, 1.54) is 11.8 Å². The van der Waals surface area contributed by atoms with Gasteiger partial charge in [-0.05, 0) is 36.8 Å². The molecule has 2 N–H and O–H groups in total. The molecular weight excluding hydrogens is 384 g/mol. The highest BCUT2D eigenvalue weighted by atomic mass is 32.2. The van der Waals surface area contributed by atoms with Gasteiger partial charge in [-0.3, -0.25) is 4.57 Å². The molecule has 4 aromatic rings. The van der Waals surface area contributed by atoms with E-state index in [9.17, 15) is 0 Å². The summed E-state index contributed by atoms with van der Waals surface area (Å²) in [5.74, 6) is 3.19. The Morgan fingerprint density at radius 1 is 1.00 bits per heavy atom. The van der Waals surface area contributed by atoms with Crippen molar-refractivity contribution in [2.24, 2.45) is 0 Å². The van der Waals surface area contributed by atoms with Crippen LogP contribution in [0, 0.1) is 6.92 Å². The molecule has 2 aromatic carbocycles. The van der Waals surface area contributed by atoms with E-state index in [0.29, 0.717) is 24.0 Å². The highest BCUT2D eigenvalue weighted by Crippen LogP contribution is 2.25. The molecule has 0 aliphatic rings. The molecule has 0 radical (unpaired) electrons. The summed E-state index contributed by atoms with van der Waals surface area (Å²) in [7, 11) is 0. The van der Waals surface area contributed by atoms with Crippen molar-refractivity contribution in [3.05, 3.63) is 84.1 Å². The number of anilines is 1. The molecule has 0 saturated carbocycles. The molecule has 0 saturated heterocycles. The van der Waals surface area contributed by atoms with E-state index in [1.807, 2.05) is 66.1 Å². The van der Waals surface area contributed by atoms with E-state index in [1.54, 1.807) is 12.3 Å². The van der Waals surface area contributed by atoms with Crippen LogP contribution in [0.1, 0.15) is 17.2 Å². The molecule has 7 nitrogen and oxygen atoms in total. The number of aromatic nitrogens is 5. The predicted molar refractivity (Wildman–Crippen MR) is 113 cm³/mol. The van der Waals surface area contributed by atoms with E-state index in [2.05, 4.69) is 20.2 Å². The van der Waals surface area contributed by atoms with Crippen molar-refractivity contribution in [1.29, 1.82) is 0 Å². The first-order valence-corrected chi connectivity index (χ1v) is 10.1. The maximum atomic E-state index is 6.00. The molecule has 0 unspecified atom stereocenters. The first-order valence-electron chi connectivity index (χ1n) is 9.09. The van der Waals surface area contributed by atoms with Crippen molar-refractivity contribution in [3.63, 3.8) is 0 Å². The van der Waals surface area contributed by atoms with Gasteiger partial charge >= 0.3 is 0 Å². The number of benzene rings is 2. The zero-order chi connectivity index (χ0) is 20.1. The Labute approximate surface area is 173 Å². The van der Waals surface area contributed by atoms with Gasteiger partial charge in [0.2, 0.25) is 0 Å². The van der Waals surface area contributed by atoms with E-state index in [4.69, 9.17) is 10.5 Å². The van der Waals surface area contributed by atoms with Crippen molar-refractivity contribution < 1.29 is 4.74 Å². The molecule has 0 aliphatic carbocycles. The van der Waals surface area contributed by atoms with Crippen molar-refractivity contribution in [3.8, 4) is 11.4 Å². The molecule has 8 heteroatoms. The summed E-state index contributed by atoms with van der Waals surface area (Å²) in [6.07, 6.45) is 1.65. The van der Waals surface area contributed by atoms with Crippen LogP contribution in [0.2, 0.25) is 0 Å². The molecular formula is C21H20N6OS. The second kappa shape index (κ2) is 8.74. The fraction of sp³-hybridized carbons (Fsp3) is 0.143. The third kappa shape index (κ3) is 4.55. The smallest absolute Gasteiger partial charge is 0.196 e. The van der Waals surface area contributed by atoms with Crippen LogP contribution in [-0.2, 0) is 12.4 Å². The van der Waals surface area contributed by atoms with Crippen LogP contribution in [-0.4, -0.2) is 24.7 Å². The maximum Gasteiger partial charge on any atom is 0.196 e. The lowest BCUT2D eigenvalue weighted by atomic mass is 10.2. The number of nitrogens with zero attached hydrogens (tertiary/aromatic N) is 5. The lowest BCUT2D eigenvalue weighted by Gasteiger charge is -2.12. The summed E-state index contributed by atoms with van der Waals surface area (Å²) in [5, 5.41) is 9.48. The highest BCUT2D eigenvalue weighted by molar-refractivity contribution is 7.98. The fourth-order valence-corrected chi connectivity index (χ4v) is 3.63. The number of ether oxygens (including phenoxy) is 1. The Balaban J connectivity index is 1.59. The number of nitrogen functional groups attached to an aromatic ring is 1. The van der Waals surface area contributed by atoms with Crippen LogP contribution in [0.25, 0.3) is 5.69 Å². The van der Waals surface area contributed by atoms with Gasteiger partial charge in [0.15, 0.2) is 11.0 Å². The SMILES string of the molecule is Cc1ccccc1OCc1nnc(SCc2nccc(N)n2)n1-c1ccccc1. The standard InChI is InChI=1S/C21H20N6OS/c1-15-7-5-6-10-17(15)28-13-20-25-26-21(27(20)16-8-3-2-4-9-16)29-14-19-23-12-11-18(22)24-19/h2-12H,13-14H2,1H3,(H2,22,23,24). The van der Waals surface area contributed by atoms with Gasteiger partial charge < -0.3 is 10.5 Å². The van der Waals surface area contributed by atoms with Crippen molar-refractivity contribution in [2.75, 3.05) is 5.73 Å². The first-order chi connectivity index (χ1) is 14.2. The number of para-hydroxylation sites is 2. The minimum absolute atomic E-state index is 0.308. The molecule has 0 bridgehead atoms. The molecule has 0 aliphatic heterocycles. The highest BCUT2D eigenvalue weighted by Gasteiger charge is 2.16. The van der Waals surface area contributed by atoms with E-state index in [0.717, 1.165) is 28.0 Å². The average molecular weight is 404 g/mol. The summed E-state index contributed by atoms with van der Waals surface area (Å²) < 4.78 is 8.00. The molecule has 4 rings (SSSR count). The average Bonchev–Trinajstić information content (AvgIpc) is 3.15. The van der Waals surface area contributed by atoms with Gasteiger partial charge in [0.1, 0.15) is 24.0 Å². The summed E-state index contributed by atoms with van der Waals surface area (Å²) in [4.78, 5) is 8.50. The van der Waals surface area contributed by atoms with E-state index >= 15 is 0 Å². The number of nitrogens with two attached hydrogens (primary N) is 1. The number of aryl methyl sites for hydroxylation is 1. The molecule has 0 atom stereocenters. The van der Waals surface area contributed by atoms with Gasteiger partial charge in [-0.2, -0.15) is 0 Å². The number of thioether (sulfide) groups is 1. The normalized spacial score (nSPS) is 10.8. The number of hydrogen-bond acceptors (Lipinski definition) is 7.